The van der Waals surface area contributed by atoms with Gasteiger partial charge in [-0.2, -0.15) is 0 Å². The second kappa shape index (κ2) is 7.00. The van der Waals surface area contributed by atoms with E-state index >= 15 is 0 Å². The molecule has 0 atom stereocenters. The second-order valence-corrected chi connectivity index (χ2v) is 6.96. The third-order valence-electron chi connectivity index (χ3n) is 4.55. The summed E-state index contributed by atoms with van der Waals surface area (Å²) in [4.78, 5) is 4.64. The smallest absolute Gasteiger partial charge is 0.160 e. The van der Waals surface area contributed by atoms with Gasteiger partial charge in [-0.15, -0.1) is 5.10 Å². The number of rotatable bonds is 5. The van der Waals surface area contributed by atoms with Crippen LogP contribution >= 0.6 is 11.6 Å². The largest absolute Gasteiger partial charge is 0.337 e. The van der Waals surface area contributed by atoms with Gasteiger partial charge in [0.05, 0.1) is 22.3 Å². The van der Waals surface area contributed by atoms with Crippen molar-refractivity contribution >= 4 is 34.1 Å². The Kier molecular flexibility index (Phi) is 4.95. The number of nitrogens with one attached hydrogen (secondary N) is 1. The summed E-state index contributed by atoms with van der Waals surface area (Å²) < 4.78 is 2.01. The van der Waals surface area contributed by atoms with Crippen LogP contribution in [0.1, 0.15) is 49.6 Å². The predicted molar refractivity (Wildman–Crippen MR) is 104 cm³/mol. The van der Waals surface area contributed by atoms with Crippen LogP contribution < -0.4 is 5.32 Å². The third-order valence-corrected chi connectivity index (χ3v) is 4.85. The van der Waals surface area contributed by atoms with Crippen LogP contribution in [0, 0.1) is 20.8 Å². The van der Waals surface area contributed by atoms with E-state index in [4.69, 9.17) is 11.6 Å². The molecule has 0 unspecified atom stereocenters. The van der Waals surface area contributed by atoms with Gasteiger partial charge in [-0.25, -0.2) is 9.67 Å². The molecule has 1 N–H and O–H groups in total. The van der Waals surface area contributed by atoms with Crippen LogP contribution in [0.15, 0.2) is 18.2 Å². The zero-order valence-electron chi connectivity index (χ0n) is 15.4. The summed E-state index contributed by atoms with van der Waals surface area (Å²) in [5, 5.41) is 12.9. The fraction of sp³-hybridized carbons (Fsp3) is 0.421. The van der Waals surface area contributed by atoms with Crippen molar-refractivity contribution < 1.29 is 0 Å². The Hall–Kier alpha value is -2.14. The number of halogens is 1. The summed E-state index contributed by atoms with van der Waals surface area (Å²) in [6.45, 7) is 10.4. The molecule has 0 bridgehead atoms. The summed E-state index contributed by atoms with van der Waals surface area (Å²) in [6, 6.07) is 6.43. The van der Waals surface area contributed by atoms with Crippen molar-refractivity contribution in [3.63, 3.8) is 0 Å². The first kappa shape index (κ1) is 17.7. The summed E-state index contributed by atoms with van der Waals surface area (Å²) in [6.07, 6.45) is 2.03. The van der Waals surface area contributed by atoms with E-state index in [9.17, 15) is 0 Å². The number of hydrogen-bond acceptors (Lipinski definition) is 4. The maximum absolute atomic E-state index is 6.44. The minimum Gasteiger partial charge on any atom is -0.337 e. The Labute approximate surface area is 153 Å². The molecule has 1 aromatic carbocycles. The first-order valence-corrected chi connectivity index (χ1v) is 9.08. The Morgan fingerprint density at radius 1 is 1.12 bits per heavy atom. The molecule has 0 radical (unpaired) electrons. The number of hydrogen-bond donors (Lipinski definition) is 1. The van der Waals surface area contributed by atoms with E-state index in [0.717, 1.165) is 46.4 Å². The number of benzene rings is 1. The Bertz CT molecular complexity index is 889. The van der Waals surface area contributed by atoms with Gasteiger partial charge in [-0.05, 0) is 56.9 Å². The Morgan fingerprint density at radius 3 is 2.48 bits per heavy atom. The average molecular weight is 358 g/mol. The number of aromatic nitrogens is 4. The molecule has 0 aliphatic heterocycles. The lowest BCUT2D eigenvalue weighted by Crippen LogP contribution is -2.09. The zero-order valence-corrected chi connectivity index (χ0v) is 16.1. The fourth-order valence-electron chi connectivity index (χ4n) is 3.25. The molecular formula is C19H24ClN5. The van der Waals surface area contributed by atoms with Crippen molar-refractivity contribution in [2.45, 2.75) is 53.5 Å². The summed E-state index contributed by atoms with van der Waals surface area (Å²) >= 11 is 6.44. The molecule has 6 heteroatoms. The molecule has 3 rings (SSSR count). The van der Waals surface area contributed by atoms with Gasteiger partial charge in [0.15, 0.2) is 11.3 Å². The minimum atomic E-state index is 0.337. The molecule has 2 aromatic heterocycles. The first-order valence-electron chi connectivity index (χ1n) is 8.70. The summed E-state index contributed by atoms with van der Waals surface area (Å²) in [7, 11) is 0. The van der Waals surface area contributed by atoms with Crippen molar-refractivity contribution in [3.8, 4) is 0 Å². The molecule has 25 heavy (non-hydrogen) atoms. The van der Waals surface area contributed by atoms with Crippen LogP contribution in [0.4, 0.5) is 11.5 Å². The molecule has 3 aromatic rings. The Balaban J connectivity index is 2.12. The van der Waals surface area contributed by atoms with Crippen molar-refractivity contribution in [3.05, 3.63) is 40.0 Å². The first-order chi connectivity index (χ1) is 11.9. The van der Waals surface area contributed by atoms with Crippen LogP contribution in [0.5, 0.6) is 0 Å². The monoisotopic (exact) mass is 357 g/mol. The van der Waals surface area contributed by atoms with E-state index in [2.05, 4.69) is 40.5 Å². The molecule has 2 heterocycles. The molecule has 0 aliphatic rings. The lowest BCUT2D eigenvalue weighted by Gasteiger charge is -2.15. The highest BCUT2D eigenvalue weighted by atomic mass is 35.5. The van der Waals surface area contributed by atoms with E-state index in [1.807, 2.05) is 37.6 Å². The lowest BCUT2D eigenvalue weighted by molar-refractivity contribution is 0.430. The van der Waals surface area contributed by atoms with Crippen LogP contribution in [0.25, 0.3) is 11.0 Å². The van der Waals surface area contributed by atoms with Gasteiger partial charge in [-0.3, -0.25) is 0 Å². The molecule has 0 amide bonds. The van der Waals surface area contributed by atoms with Crippen molar-refractivity contribution in [2.24, 2.45) is 0 Å². The summed E-state index contributed by atoms with van der Waals surface area (Å²) in [5.74, 6) is 0.695. The van der Waals surface area contributed by atoms with Crippen LogP contribution in [0.2, 0.25) is 5.02 Å². The normalized spacial score (nSPS) is 11.5. The van der Waals surface area contributed by atoms with Gasteiger partial charge in [0, 0.05) is 5.69 Å². The van der Waals surface area contributed by atoms with Gasteiger partial charge in [0.2, 0.25) is 0 Å². The van der Waals surface area contributed by atoms with Crippen molar-refractivity contribution in [1.82, 2.24) is 20.0 Å². The third kappa shape index (κ3) is 3.33. The van der Waals surface area contributed by atoms with E-state index in [1.165, 1.54) is 0 Å². The fourth-order valence-corrected chi connectivity index (χ4v) is 3.62. The van der Waals surface area contributed by atoms with E-state index in [-0.39, 0.29) is 0 Å². The molecule has 5 nitrogen and oxygen atoms in total. The van der Waals surface area contributed by atoms with E-state index in [0.29, 0.717) is 16.9 Å². The highest BCUT2D eigenvalue weighted by Gasteiger charge is 2.17. The molecular weight excluding hydrogens is 334 g/mol. The highest BCUT2D eigenvalue weighted by Crippen LogP contribution is 2.32. The minimum absolute atomic E-state index is 0.337. The van der Waals surface area contributed by atoms with E-state index in [1.54, 1.807) is 0 Å². The molecule has 0 aliphatic carbocycles. The topological polar surface area (TPSA) is 55.6 Å². The number of anilines is 2. The lowest BCUT2D eigenvalue weighted by atomic mass is 10.1. The van der Waals surface area contributed by atoms with Crippen LogP contribution in [0.3, 0.4) is 0 Å². The van der Waals surface area contributed by atoms with Gasteiger partial charge >= 0.3 is 0 Å². The van der Waals surface area contributed by atoms with Gasteiger partial charge < -0.3 is 5.32 Å². The SMILES string of the molecule is CCC(CC)n1nnc2c(Nc3c(C)cc(C)cc3Cl)nc(C)cc21. The van der Waals surface area contributed by atoms with Crippen molar-refractivity contribution in [1.29, 1.82) is 0 Å². The van der Waals surface area contributed by atoms with Crippen LogP contribution in [-0.4, -0.2) is 20.0 Å². The maximum Gasteiger partial charge on any atom is 0.160 e. The predicted octanol–water partition coefficient (Wildman–Crippen LogP) is 5.51. The molecule has 0 saturated heterocycles. The van der Waals surface area contributed by atoms with Gasteiger partial charge in [0.1, 0.15) is 0 Å². The summed E-state index contributed by atoms with van der Waals surface area (Å²) in [5.41, 5.74) is 5.77. The van der Waals surface area contributed by atoms with Gasteiger partial charge in [-0.1, -0.05) is 36.7 Å². The number of nitrogens with zero attached hydrogens (tertiary/aromatic N) is 4. The van der Waals surface area contributed by atoms with E-state index < -0.39 is 0 Å². The van der Waals surface area contributed by atoms with Crippen molar-refractivity contribution in [2.75, 3.05) is 5.32 Å². The Morgan fingerprint density at radius 2 is 1.84 bits per heavy atom. The van der Waals surface area contributed by atoms with Gasteiger partial charge in [0.25, 0.3) is 0 Å². The number of pyridine rings is 1. The second-order valence-electron chi connectivity index (χ2n) is 6.55. The maximum atomic E-state index is 6.44. The quantitative estimate of drug-likeness (QED) is 0.654. The molecule has 0 spiro atoms. The highest BCUT2D eigenvalue weighted by molar-refractivity contribution is 6.33. The standard InChI is InChI=1S/C19H24ClN5/c1-6-14(7-2)25-16-10-13(5)21-19(18(16)23-24-25)22-17-12(4)8-11(3)9-15(17)20/h8-10,14H,6-7H2,1-5H3,(H,21,22). The molecule has 132 valence electrons. The molecule has 0 saturated carbocycles. The van der Waals surface area contributed by atoms with Crippen LogP contribution in [-0.2, 0) is 0 Å². The average Bonchev–Trinajstić information content (AvgIpc) is 2.96. The zero-order chi connectivity index (χ0) is 18.1. The number of fused-ring (bicyclic) bond motifs is 1. The molecule has 0 fully saturated rings. The number of aryl methyl sites for hydroxylation is 3.